The Bertz CT molecular complexity index is 1320. The lowest BCUT2D eigenvalue weighted by Gasteiger charge is -2.22. The number of rotatable bonds is 2. The third kappa shape index (κ3) is 3.23. The molecular weight excluding hydrogens is 385 g/mol. The fourth-order valence-corrected chi connectivity index (χ4v) is 4.06. The van der Waals surface area contributed by atoms with Crippen LogP contribution in [-0.4, -0.2) is 40.5 Å². The zero-order valence-electron chi connectivity index (χ0n) is 16.9. The summed E-state index contributed by atoms with van der Waals surface area (Å²) in [7, 11) is 0. The van der Waals surface area contributed by atoms with Crippen molar-refractivity contribution in [3.05, 3.63) is 58.2 Å². The second kappa shape index (κ2) is 7.21. The first kappa shape index (κ1) is 18.7. The molecule has 0 amide bonds. The van der Waals surface area contributed by atoms with Gasteiger partial charge in [0.2, 0.25) is 0 Å². The number of imidazole rings is 1. The Balaban J connectivity index is 1.62. The standard InChI is InChI=1S/C22H22FN5O2/c1-13-11-28-12-19(26-21(28)14(2)25-13)17-10-16-18(23)8-15(9-20(16)30-22(17)29)27-6-3-4-24-5-7-27/h8-12,24H,3-7H2,1-2H3. The number of anilines is 1. The van der Waals surface area contributed by atoms with Crippen molar-refractivity contribution in [3.63, 3.8) is 0 Å². The molecule has 8 heteroatoms. The van der Waals surface area contributed by atoms with Gasteiger partial charge in [-0.05, 0) is 38.9 Å². The summed E-state index contributed by atoms with van der Waals surface area (Å²) in [6, 6.07) is 4.79. The first-order chi connectivity index (χ1) is 14.5. The van der Waals surface area contributed by atoms with E-state index in [-0.39, 0.29) is 16.5 Å². The predicted octanol–water partition coefficient (Wildman–Crippen LogP) is 3.06. The first-order valence-corrected chi connectivity index (χ1v) is 10.1. The van der Waals surface area contributed by atoms with Gasteiger partial charge in [-0.3, -0.25) is 4.98 Å². The van der Waals surface area contributed by atoms with Crippen LogP contribution in [0, 0.1) is 19.7 Å². The highest BCUT2D eigenvalue weighted by molar-refractivity contribution is 5.85. The fourth-order valence-electron chi connectivity index (χ4n) is 4.06. The Hall–Kier alpha value is -3.26. The van der Waals surface area contributed by atoms with Crippen molar-refractivity contribution in [3.8, 4) is 11.3 Å². The Morgan fingerprint density at radius 3 is 2.83 bits per heavy atom. The lowest BCUT2D eigenvalue weighted by molar-refractivity contribution is 0.557. The summed E-state index contributed by atoms with van der Waals surface area (Å²) in [5, 5.41) is 3.60. The molecule has 1 aliphatic heterocycles. The van der Waals surface area contributed by atoms with E-state index in [9.17, 15) is 4.79 Å². The van der Waals surface area contributed by atoms with Crippen molar-refractivity contribution in [1.82, 2.24) is 19.7 Å². The van der Waals surface area contributed by atoms with Crippen LogP contribution in [0.1, 0.15) is 17.8 Å². The maximum absolute atomic E-state index is 15.0. The third-order valence-corrected chi connectivity index (χ3v) is 5.49. The quantitative estimate of drug-likeness (QED) is 0.515. The number of nitrogens with zero attached hydrogens (tertiary/aromatic N) is 4. The average molecular weight is 407 g/mol. The Labute approximate surface area is 172 Å². The number of hydrogen-bond donors (Lipinski definition) is 1. The molecule has 1 saturated heterocycles. The molecule has 3 aromatic heterocycles. The van der Waals surface area contributed by atoms with E-state index in [1.165, 1.54) is 12.1 Å². The lowest BCUT2D eigenvalue weighted by Crippen LogP contribution is -2.27. The van der Waals surface area contributed by atoms with E-state index in [4.69, 9.17) is 4.42 Å². The maximum Gasteiger partial charge on any atom is 0.345 e. The lowest BCUT2D eigenvalue weighted by atomic mass is 10.1. The molecule has 0 unspecified atom stereocenters. The second-order valence-electron chi connectivity index (χ2n) is 7.70. The maximum atomic E-state index is 15.0. The minimum Gasteiger partial charge on any atom is -0.422 e. The van der Waals surface area contributed by atoms with Crippen LogP contribution >= 0.6 is 0 Å². The van der Waals surface area contributed by atoms with Crippen LogP contribution in [-0.2, 0) is 0 Å². The van der Waals surface area contributed by atoms with Crippen LogP contribution in [0.3, 0.4) is 0 Å². The molecule has 0 spiro atoms. The summed E-state index contributed by atoms with van der Waals surface area (Å²) in [6.45, 7) is 7.14. The summed E-state index contributed by atoms with van der Waals surface area (Å²) in [5.74, 6) is -0.415. The highest BCUT2D eigenvalue weighted by atomic mass is 19.1. The van der Waals surface area contributed by atoms with Crippen molar-refractivity contribution in [2.75, 3.05) is 31.1 Å². The highest BCUT2D eigenvalue weighted by Gasteiger charge is 2.18. The number of fused-ring (bicyclic) bond motifs is 2. The normalized spacial score (nSPS) is 15.1. The predicted molar refractivity (Wildman–Crippen MR) is 114 cm³/mol. The zero-order valence-corrected chi connectivity index (χ0v) is 16.9. The van der Waals surface area contributed by atoms with E-state index in [1.54, 1.807) is 12.3 Å². The van der Waals surface area contributed by atoms with Crippen LogP contribution in [0.2, 0.25) is 0 Å². The van der Waals surface area contributed by atoms with Crippen LogP contribution in [0.25, 0.3) is 27.9 Å². The van der Waals surface area contributed by atoms with Gasteiger partial charge in [-0.25, -0.2) is 14.2 Å². The summed E-state index contributed by atoms with van der Waals surface area (Å²) >= 11 is 0. The number of halogens is 1. The smallest absolute Gasteiger partial charge is 0.345 e. The third-order valence-electron chi connectivity index (χ3n) is 5.49. The molecule has 0 saturated carbocycles. The number of benzene rings is 1. The summed E-state index contributed by atoms with van der Waals surface area (Å²) < 4.78 is 22.4. The second-order valence-corrected chi connectivity index (χ2v) is 7.70. The summed E-state index contributed by atoms with van der Waals surface area (Å²) in [4.78, 5) is 23.8. The van der Waals surface area contributed by atoms with Gasteiger partial charge in [0.1, 0.15) is 11.4 Å². The van der Waals surface area contributed by atoms with E-state index in [2.05, 4.69) is 20.2 Å². The Kier molecular flexibility index (Phi) is 4.51. The van der Waals surface area contributed by atoms with Crippen LogP contribution in [0.15, 0.2) is 39.8 Å². The monoisotopic (exact) mass is 407 g/mol. The highest BCUT2D eigenvalue weighted by Crippen LogP contribution is 2.28. The van der Waals surface area contributed by atoms with E-state index >= 15 is 4.39 Å². The van der Waals surface area contributed by atoms with Gasteiger partial charge in [0.05, 0.1) is 28.0 Å². The van der Waals surface area contributed by atoms with Gasteiger partial charge in [-0.1, -0.05) is 0 Å². The van der Waals surface area contributed by atoms with Crippen molar-refractivity contribution < 1.29 is 8.81 Å². The van der Waals surface area contributed by atoms with Crippen molar-refractivity contribution in [1.29, 1.82) is 0 Å². The van der Waals surface area contributed by atoms with E-state index in [0.29, 0.717) is 11.3 Å². The van der Waals surface area contributed by atoms with Crippen LogP contribution in [0.5, 0.6) is 0 Å². The van der Waals surface area contributed by atoms with Crippen molar-refractivity contribution in [2.45, 2.75) is 20.3 Å². The van der Waals surface area contributed by atoms with Gasteiger partial charge in [0, 0.05) is 43.8 Å². The zero-order chi connectivity index (χ0) is 20.8. The Morgan fingerprint density at radius 1 is 1.10 bits per heavy atom. The molecule has 0 radical (unpaired) electrons. The number of aryl methyl sites for hydroxylation is 2. The molecule has 0 bridgehead atoms. The van der Waals surface area contributed by atoms with Crippen molar-refractivity contribution in [2.24, 2.45) is 0 Å². The summed E-state index contributed by atoms with van der Waals surface area (Å²) in [6.07, 6.45) is 4.56. The molecule has 4 heterocycles. The fraction of sp³-hybridized carbons (Fsp3) is 0.318. The molecule has 4 aromatic rings. The number of nitrogens with one attached hydrogen (secondary N) is 1. The molecule has 0 aliphatic carbocycles. The van der Waals surface area contributed by atoms with E-state index in [1.807, 2.05) is 24.4 Å². The molecule has 7 nitrogen and oxygen atoms in total. The molecule has 1 N–H and O–H groups in total. The number of hydrogen-bond acceptors (Lipinski definition) is 6. The van der Waals surface area contributed by atoms with Gasteiger partial charge >= 0.3 is 5.63 Å². The van der Waals surface area contributed by atoms with Gasteiger partial charge in [0.15, 0.2) is 5.65 Å². The molecule has 0 atom stereocenters. The molecule has 1 fully saturated rings. The molecule has 30 heavy (non-hydrogen) atoms. The number of aromatic nitrogens is 3. The largest absolute Gasteiger partial charge is 0.422 e. The minimum absolute atomic E-state index is 0.230. The molecule has 5 rings (SSSR count). The van der Waals surface area contributed by atoms with E-state index in [0.717, 1.165) is 49.7 Å². The SMILES string of the molecule is Cc1cn2cc(-c3cc4c(F)cc(N5CCCNCC5)cc4oc3=O)nc2c(C)n1. The average Bonchev–Trinajstić information content (AvgIpc) is 2.94. The molecular formula is C22H22FN5O2. The minimum atomic E-state index is -0.540. The van der Waals surface area contributed by atoms with Gasteiger partial charge in [-0.15, -0.1) is 0 Å². The summed E-state index contributed by atoms with van der Waals surface area (Å²) in [5.41, 5.74) is 3.35. The molecule has 1 aliphatic rings. The molecule has 1 aromatic carbocycles. The van der Waals surface area contributed by atoms with Crippen LogP contribution < -0.4 is 15.8 Å². The Morgan fingerprint density at radius 2 is 1.97 bits per heavy atom. The van der Waals surface area contributed by atoms with Gasteiger partial charge in [0.25, 0.3) is 0 Å². The molecule has 154 valence electrons. The van der Waals surface area contributed by atoms with E-state index < -0.39 is 11.4 Å². The van der Waals surface area contributed by atoms with Crippen LogP contribution in [0.4, 0.5) is 10.1 Å². The van der Waals surface area contributed by atoms with Crippen molar-refractivity contribution >= 4 is 22.3 Å². The van der Waals surface area contributed by atoms with Gasteiger partial charge < -0.3 is 19.0 Å². The first-order valence-electron chi connectivity index (χ1n) is 10.1. The van der Waals surface area contributed by atoms with Gasteiger partial charge in [-0.2, -0.15) is 0 Å². The topological polar surface area (TPSA) is 75.7 Å².